The maximum Gasteiger partial charge on any atom is 0.416 e. The van der Waals surface area contributed by atoms with E-state index in [1.54, 1.807) is 32.9 Å². The molecule has 1 aromatic carbocycles. The van der Waals surface area contributed by atoms with E-state index in [2.05, 4.69) is 0 Å². The number of nitrogens with zero attached hydrogens (tertiary/aromatic N) is 2. The lowest BCUT2D eigenvalue weighted by atomic mass is 9.88. The van der Waals surface area contributed by atoms with E-state index < -0.39 is 22.9 Å². The Balaban J connectivity index is 2.36. The first-order valence-electron chi connectivity index (χ1n) is 8.80. The normalized spacial score (nSPS) is 16.1. The van der Waals surface area contributed by atoms with Gasteiger partial charge in [-0.15, -0.1) is 0 Å². The van der Waals surface area contributed by atoms with Crippen LogP contribution in [0.5, 0.6) is 5.75 Å². The van der Waals surface area contributed by atoms with Crippen LogP contribution in [0, 0.1) is 0 Å². The van der Waals surface area contributed by atoms with Crippen LogP contribution in [0.1, 0.15) is 31.9 Å². The lowest BCUT2D eigenvalue weighted by Gasteiger charge is -2.38. The van der Waals surface area contributed by atoms with Crippen LogP contribution < -0.4 is 10.3 Å². The van der Waals surface area contributed by atoms with Gasteiger partial charge in [0.15, 0.2) is 0 Å². The van der Waals surface area contributed by atoms with Gasteiger partial charge in [-0.1, -0.05) is 13.0 Å². The number of fused-ring (bicyclic) bond motifs is 1. The maximum absolute atomic E-state index is 13.3. The van der Waals surface area contributed by atoms with E-state index in [0.717, 1.165) is 17.2 Å². The number of likely N-dealkylation sites (N-methyl/N-ethyl adjacent to an activating group) is 1. The number of benzene rings is 1. The van der Waals surface area contributed by atoms with E-state index in [1.807, 2.05) is 0 Å². The Morgan fingerprint density at radius 3 is 2.54 bits per heavy atom. The first-order valence-corrected chi connectivity index (χ1v) is 8.80. The first-order chi connectivity index (χ1) is 13.0. The summed E-state index contributed by atoms with van der Waals surface area (Å²) in [6.45, 7) is 5.55. The molecule has 0 fully saturated rings. The van der Waals surface area contributed by atoms with Gasteiger partial charge in [0.2, 0.25) is 0 Å². The summed E-state index contributed by atoms with van der Waals surface area (Å²) < 4.78 is 47.2. The van der Waals surface area contributed by atoms with Crippen LogP contribution in [0.3, 0.4) is 0 Å². The molecule has 1 aliphatic heterocycles. The highest BCUT2D eigenvalue weighted by atomic mass is 19.4. The van der Waals surface area contributed by atoms with Gasteiger partial charge in [-0.3, -0.25) is 9.36 Å². The molecule has 0 amide bonds. The van der Waals surface area contributed by atoms with Gasteiger partial charge in [-0.05, 0) is 38.1 Å². The highest BCUT2D eigenvalue weighted by Crippen LogP contribution is 2.43. The van der Waals surface area contributed by atoms with Crippen molar-refractivity contribution in [2.24, 2.45) is 0 Å². The quantitative estimate of drug-likeness (QED) is 0.797. The third-order valence-corrected chi connectivity index (χ3v) is 4.71. The van der Waals surface area contributed by atoms with Gasteiger partial charge >= 0.3 is 6.18 Å². The second kappa shape index (κ2) is 7.10. The second-order valence-electron chi connectivity index (χ2n) is 7.04. The predicted octanol–water partition coefficient (Wildman–Crippen LogP) is 4.01. The molecule has 0 unspecified atom stereocenters. The molecule has 0 aliphatic carbocycles. The summed E-state index contributed by atoms with van der Waals surface area (Å²) in [6, 6.07) is 7.71. The maximum atomic E-state index is 13.3. The lowest BCUT2D eigenvalue weighted by Crippen LogP contribution is -2.42. The molecule has 0 radical (unpaired) electrons. The number of ether oxygens (including phenoxy) is 1. The van der Waals surface area contributed by atoms with E-state index in [9.17, 15) is 23.2 Å². The molecule has 8 heteroatoms. The molecule has 1 N–H and O–H groups in total. The van der Waals surface area contributed by atoms with Crippen molar-refractivity contribution in [2.75, 3.05) is 13.1 Å². The zero-order chi connectivity index (χ0) is 20.7. The fraction of sp³-hybridized carbons (Fsp3) is 0.350. The van der Waals surface area contributed by atoms with Crippen LogP contribution in [0.15, 0.2) is 53.0 Å². The fourth-order valence-electron chi connectivity index (χ4n) is 3.21. The van der Waals surface area contributed by atoms with Crippen LogP contribution >= 0.6 is 0 Å². The van der Waals surface area contributed by atoms with Crippen molar-refractivity contribution >= 4 is 5.70 Å². The molecule has 5 nitrogen and oxygen atoms in total. The average molecular weight is 394 g/mol. The van der Waals surface area contributed by atoms with Crippen molar-refractivity contribution in [2.45, 2.75) is 32.5 Å². The summed E-state index contributed by atoms with van der Waals surface area (Å²) >= 11 is 0. The highest BCUT2D eigenvalue weighted by Gasteiger charge is 2.39. The molecule has 3 rings (SSSR count). The van der Waals surface area contributed by atoms with Crippen molar-refractivity contribution in [3.63, 3.8) is 0 Å². The number of aromatic nitrogens is 1. The van der Waals surface area contributed by atoms with Crippen LogP contribution in [0.25, 0.3) is 5.70 Å². The largest absolute Gasteiger partial charge is 0.483 e. The molecule has 150 valence electrons. The SMILES string of the molecule is CCN(O)CC1=C(n2ccccc2=O)c2cc(C(F)(F)F)ccc2OC1(C)C. The molecular formula is C20H21F3N2O3. The number of hydrogen-bond acceptors (Lipinski definition) is 4. The number of hydrogen-bond donors (Lipinski definition) is 1. The zero-order valence-corrected chi connectivity index (χ0v) is 15.7. The molecule has 0 atom stereocenters. The van der Waals surface area contributed by atoms with Gasteiger partial charge in [-0.25, -0.2) is 0 Å². The number of rotatable bonds is 4. The molecule has 0 spiro atoms. The summed E-state index contributed by atoms with van der Waals surface area (Å²) in [6.07, 6.45) is -3.04. The molecule has 2 heterocycles. The summed E-state index contributed by atoms with van der Waals surface area (Å²) in [5, 5.41) is 11.1. The monoisotopic (exact) mass is 394 g/mol. The third-order valence-electron chi connectivity index (χ3n) is 4.71. The van der Waals surface area contributed by atoms with Gasteiger partial charge in [-0.2, -0.15) is 18.2 Å². The standard InChI is InChI=1S/C20H21F3N2O3/c1-4-24(27)12-15-18(25-10-6-5-7-17(25)26)14-11-13(20(21,22)23)8-9-16(14)28-19(15,2)3/h5-11,27H,4,12H2,1-3H3. The van der Waals surface area contributed by atoms with Gasteiger partial charge < -0.3 is 9.94 Å². The number of halogens is 3. The zero-order valence-electron chi connectivity index (χ0n) is 15.7. The van der Waals surface area contributed by atoms with Crippen molar-refractivity contribution < 1.29 is 23.1 Å². The Labute approximate surface area is 160 Å². The summed E-state index contributed by atoms with van der Waals surface area (Å²) in [7, 11) is 0. The third kappa shape index (κ3) is 3.70. The molecule has 1 aliphatic rings. The fourth-order valence-corrected chi connectivity index (χ4v) is 3.21. The molecule has 2 aromatic rings. The van der Waals surface area contributed by atoms with Crippen molar-refractivity contribution in [1.82, 2.24) is 9.63 Å². The average Bonchev–Trinajstić information content (AvgIpc) is 2.61. The number of hydroxylamine groups is 2. The van der Waals surface area contributed by atoms with E-state index in [-0.39, 0.29) is 23.6 Å². The minimum atomic E-state index is -4.54. The molecule has 0 saturated carbocycles. The minimum Gasteiger partial charge on any atom is -0.483 e. The number of alkyl halides is 3. The summed E-state index contributed by atoms with van der Waals surface area (Å²) in [4.78, 5) is 12.5. The Morgan fingerprint density at radius 1 is 1.21 bits per heavy atom. The van der Waals surface area contributed by atoms with Crippen LogP contribution in [-0.4, -0.2) is 33.5 Å². The first kappa shape index (κ1) is 20.2. The second-order valence-corrected chi connectivity index (χ2v) is 7.04. The van der Waals surface area contributed by atoms with Gasteiger partial charge in [0.05, 0.1) is 17.8 Å². The van der Waals surface area contributed by atoms with Crippen LogP contribution in [0.2, 0.25) is 0 Å². The van der Waals surface area contributed by atoms with E-state index in [1.165, 1.54) is 22.9 Å². The van der Waals surface area contributed by atoms with Gasteiger partial charge in [0.1, 0.15) is 11.4 Å². The molecule has 0 bridgehead atoms. The van der Waals surface area contributed by atoms with Crippen molar-refractivity contribution in [1.29, 1.82) is 0 Å². The molecule has 28 heavy (non-hydrogen) atoms. The van der Waals surface area contributed by atoms with E-state index >= 15 is 0 Å². The van der Waals surface area contributed by atoms with Gasteiger partial charge in [0, 0.05) is 29.9 Å². The van der Waals surface area contributed by atoms with Crippen molar-refractivity contribution in [3.05, 3.63) is 69.6 Å². The highest BCUT2D eigenvalue weighted by molar-refractivity contribution is 5.77. The summed E-state index contributed by atoms with van der Waals surface area (Å²) in [5.41, 5.74) is -1.24. The Bertz CT molecular complexity index is 977. The van der Waals surface area contributed by atoms with Crippen LogP contribution in [0.4, 0.5) is 13.2 Å². The van der Waals surface area contributed by atoms with E-state index in [4.69, 9.17) is 4.74 Å². The van der Waals surface area contributed by atoms with Gasteiger partial charge in [0.25, 0.3) is 5.56 Å². The molecular weight excluding hydrogens is 373 g/mol. The Kier molecular flexibility index (Phi) is 5.12. The van der Waals surface area contributed by atoms with Crippen molar-refractivity contribution in [3.8, 4) is 5.75 Å². The van der Waals surface area contributed by atoms with E-state index in [0.29, 0.717) is 12.1 Å². The lowest BCUT2D eigenvalue weighted by molar-refractivity contribution is -0.137. The topological polar surface area (TPSA) is 54.7 Å². The summed E-state index contributed by atoms with van der Waals surface area (Å²) in [5.74, 6) is 0.244. The smallest absolute Gasteiger partial charge is 0.416 e. The Morgan fingerprint density at radius 2 is 1.93 bits per heavy atom. The van der Waals surface area contributed by atoms with Crippen LogP contribution in [-0.2, 0) is 6.18 Å². The molecule has 0 saturated heterocycles. The number of pyridine rings is 1. The minimum absolute atomic E-state index is 0.00977. The Hall–Kier alpha value is -2.58. The predicted molar refractivity (Wildman–Crippen MR) is 98.2 cm³/mol. The molecule has 1 aromatic heterocycles.